The van der Waals surface area contributed by atoms with Gasteiger partial charge in [-0.25, -0.2) is 4.21 Å². The van der Waals surface area contributed by atoms with Gasteiger partial charge in [-0.1, -0.05) is 6.92 Å². The normalized spacial score (nSPS) is 16.6. The summed E-state index contributed by atoms with van der Waals surface area (Å²) in [6.07, 6.45) is -0.364. The molecule has 2 atom stereocenters. The third kappa shape index (κ3) is 6.05. The van der Waals surface area contributed by atoms with Gasteiger partial charge in [0.2, 0.25) is 0 Å². The molecule has 0 spiro atoms. The van der Waals surface area contributed by atoms with Gasteiger partial charge in [-0.2, -0.15) is 0 Å². The van der Waals surface area contributed by atoms with Gasteiger partial charge in [0.15, 0.2) is 0 Å². The third-order valence-electron chi connectivity index (χ3n) is 1.99. The van der Waals surface area contributed by atoms with E-state index in [-0.39, 0.29) is 24.3 Å². The van der Waals surface area contributed by atoms with Crippen molar-refractivity contribution in [2.45, 2.75) is 19.8 Å². The average Bonchev–Trinajstić information content (AvgIpc) is 2.11. The SMILES string of the molecule is CCS(=N)(=O)CC(CCC(=O)O)C(=O)O. The summed E-state index contributed by atoms with van der Waals surface area (Å²) >= 11 is 0. The fraction of sp³-hybridized carbons (Fsp3) is 0.750. The zero-order valence-electron chi connectivity index (χ0n) is 8.43. The number of nitrogens with one attached hydrogen (secondary N) is 1. The summed E-state index contributed by atoms with van der Waals surface area (Å²) in [7, 11) is -2.89. The van der Waals surface area contributed by atoms with Crippen molar-refractivity contribution in [3.8, 4) is 0 Å². The van der Waals surface area contributed by atoms with E-state index in [1.165, 1.54) is 0 Å². The second-order valence-electron chi connectivity index (χ2n) is 3.23. The third-order valence-corrected chi connectivity index (χ3v) is 3.87. The summed E-state index contributed by atoms with van der Waals surface area (Å²) in [5.74, 6) is -3.47. The van der Waals surface area contributed by atoms with Gasteiger partial charge in [0, 0.05) is 27.7 Å². The van der Waals surface area contributed by atoms with Crippen LogP contribution < -0.4 is 0 Å². The van der Waals surface area contributed by atoms with Gasteiger partial charge in [-0.05, 0) is 6.42 Å². The highest BCUT2D eigenvalue weighted by atomic mass is 32.2. The molecule has 15 heavy (non-hydrogen) atoms. The highest BCUT2D eigenvalue weighted by Crippen LogP contribution is 2.11. The molecular weight excluding hydrogens is 222 g/mol. The molecule has 0 aromatic carbocycles. The Morgan fingerprint density at radius 3 is 2.27 bits per heavy atom. The van der Waals surface area contributed by atoms with E-state index in [1.54, 1.807) is 6.92 Å². The maximum absolute atomic E-state index is 11.4. The van der Waals surface area contributed by atoms with Gasteiger partial charge in [-0.15, -0.1) is 0 Å². The second kappa shape index (κ2) is 5.69. The summed E-state index contributed by atoms with van der Waals surface area (Å²) in [4.78, 5) is 21.0. The van der Waals surface area contributed by atoms with E-state index in [2.05, 4.69) is 0 Å². The molecule has 0 saturated heterocycles. The van der Waals surface area contributed by atoms with E-state index in [0.29, 0.717) is 0 Å². The van der Waals surface area contributed by atoms with Crippen molar-refractivity contribution in [2.24, 2.45) is 5.92 Å². The first-order chi connectivity index (χ1) is 6.78. The quantitative estimate of drug-likeness (QED) is 0.600. The molecule has 0 aliphatic rings. The molecule has 0 aromatic rings. The lowest BCUT2D eigenvalue weighted by Crippen LogP contribution is -2.24. The summed E-state index contributed by atoms with van der Waals surface area (Å²) in [6.45, 7) is 1.55. The van der Waals surface area contributed by atoms with Crippen LogP contribution >= 0.6 is 0 Å². The van der Waals surface area contributed by atoms with E-state index in [4.69, 9.17) is 15.0 Å². The Balaban J connectivity index is 4.42. The minimum absolute atomic E-state index is 0.0828. The molecule has 0 aliphatic heterocycles. The molecular formula is C8H15NO5S. The number of carboxylic acids is 2. The number of hydrogen-bond acceptors (Lipinski definition) is 4. The lowest BCUT2D eigenvalue weighted by atomic mass is 10.1. The number of rotatable bonds is 7. The number of aliphatic carboxylic acids is 2. The maximum atomic E-state index is 11.4. The molecule has 0 aromatic heterocycles. The second-order valence-corrected chi connectivity index (χ2v) is 5.77. The Morgan fingerprint density at radius 1 is 1.40 bits per heavy atom. The van der Waals surface area contributed by atoms with Crippen molar-refractivity contribution in [3.63, 3.8) is 0 Å². The molecule has 0 bridgehead atoms. The van der Waals surface area contributed by atoms with Crippen molar-refractivity contribution in [1.29, 1.82) is 4.78 Å². The van der Waals surface area contributed by atoms with Crippen LogP contribution in [0.3, 0.4) is 0 Å². The lowest BCUT2D eigenvalue weighted by Gasteiger charge is -2.12. The number of carboxylic acid groups (broad SMARTS) is 2. The Hall–Kier alpha value is -1.11. The average molecular weight is 237 g/mol. The van der Waals surface area contributed by atoms with Crippen LogP contribution in [0.15, 0.2) is 0 Å². The van der Waals surface area contributed by atoms with E-state index in [0.717, 1.165) is 0 Å². The first-order valence-electron chi connectivity index (χ1n) is 4.47. The topological polar surface area (TPSA) is 116 Å². The first-order valence-corrected chi connectivity index (χ1v) is 6.37. The molecule has 2 unspecified atom stereocenters. The van der Waals surface area contributed by atoms with Crippen LogP contribution in [0.2, 0.25) is 0 Å². The molecule has 0 fully saturated rings. The fourth-order valence-corrected chi connectivity index (χ4v) is 2.21. The molecule has 88 valence electrons. The predicted octanol–water partition coefficient (Wildman–Crippen LogP) is 0.619. The van der Waals surface area contributed by atoms with Crippen LogP contribution in [0.1, 0.15) is 19.8 Å². The molecule has 0 aliphatic carbocycles. The fourth-order valence-electron chi connectivity index (χ4n) is 1.02. The van der Waals surface area contributed by atoms with Crippen LogP contribution in [0, 0.1) is 10.7 Å². The summed E-state index contributed by atoms with van der Waals surface area (Å²) in [5.41, 5.74) is 0. The summed E-state index contributed by atoms with van der Waals surface area (Å²) in [6, 6.07) is 0. The minimum atomic E-state index is -2.89. The van der Waals surface area contributed by atoms with Gasteiger partial charge < -0.3 is 10.2 Å². The summed E-state index contributed by atoms with van der Waals surface area (Å²) in [5, 5.41) is 17.1. The van der Waals surface area contributed by atoms with Crippen LogP contribution in [0.5, 0.6) is 0 Å². The summed E-state index contributed by atoms with van der Waals surface area (Å²) < 4.78 is 18.7. The van der Waals surface area contributed by atoms with Crippen LogP contribution in [-0.4, -0.2) is 37.9 Å². The maximum Gasteiger partial charge on any atom is 0.307 e. The van der Waals surface area contributed by atoms with Gasteiger partial charge in [-0.3, -0.25) is 14.4 Å². The van der Waals surface area contributed by atoms with Gasteiger partial charge >= 0.3 is 11.9 Å². The van der Waals surface area contributed by atoms with Gasteiger partial charge in [0.05, 0.1) is 5.92 Å². The Kier molecular flexibility index (Phi) is 5.27. The Bertz CT molecular complexity index is 335. The van der Waals surface area contributed by atoms with E-state index in [1.807, 2.05) is 0 Å². The zero-order valence-corrected chi connectivity index (χ0v) is 9.25. The molecule has 6 nitrogen and oxygen atoms in total. The highest BCUT2D eigenvalue weighted by molar-refractivity contribution is 7.92. The minimum Gasteiger partial charge on any atom is -0.481 e. The van der Waals surface area contributed by atoms with E-state index in [9.17, 15) is 13.8 Å². The van der Waals surface area contributed by atoms with Crippen molar-refractivity contribution in [3.05, 3.63) is 0 Å². The molecule has 0 heterocycles. The predicted molar refractivity (Wildman–Crippen MR) is 54.3 cm³/mol. The molecule has 7 heteroatoms. The van der Waals surface area contributed by atoms with Crippen molar-refractivity contribution < 1.29 is 24.0 Å². The molecule has 0 saturated carbocycles. The standard InChI is InChI=1S/C8H15NO5S/c1-2-15(9,14)5-6(8(12)13)3-4-7(10)11/h6,9H,2-5H2,1H3,(H,10,11)(H,12,13). The zero-order chi connectivity index (χ0) is 12.1. The Morgan fingerprint density at radius 2 is 1.93 bits per heavy atom. The van der Waals surface area contributed by atoms with Crippen LogP contribution in [0.25, 0.3) is 0 Å². The van der Waals surface area contributed by atoms with Gasteiger partial charge in [0.25, 0.3) is 0 Å². The van der Waals surface area contributed by atoms with Gasteiger partial charge in [0.1, 0.15) is 0 Å². The first kappa shape index (κ1) is 13.9. The highest BCUT2D eigenvalue weighted by Gasteiger charge is 2.22. The van der Waals surface area contributed by atoms with Crippen LogP contribution in [-0.2, 0) is 19.3 Å². The number of carbonyl (C=O) groups is 2. The molecule has 0 rings (SSSR count). The molecule has 0 amide bonds. The van der Waals surface area contributed by atoms with Crippen molar-refractivity contribution in [1.82, 2.24) is 0 Å². The van der Waals surface area contributed by atoms with E-state index >= 15 is 0 Å². The molecule has 0 radical (unpaired) electrons. The largest absolute Gasteiger partial charge is 0.481 e. The smallest absolute Gasteiger partial charge is 0.307 e. The Labute approximate surface area is 88.3 Å². The van der Waals surface area contributed by atoms with Crippen molar-refractivity contribution in [2.75, 3.05) is 11.5 Å². The molecule has 3 N–H and O–H groups in total. The lowest BCUT2D eigenvalue weighted by molar-refractivity contribution is -0.142. The monoisotopic (exact) mass is 237 g/mol. The number of hydrogen-bond donors (Lipinski definition) is 3. The van der Waals surface area contributed by atoms with E-state index < -0.39 is 27.6 Å². The van der Waals surface area contributed by atoms with Crippen LogP contribution in [0.4, 0.5) is 0 Å². The van der Waals surface area contributed by atoms with Crippen molar-refractivity contribution >= 4 is 21.7 Å².